The number of hydrogen-bond donors (Lipinski definition) is 2. The Labute approximate surface area is 292 Å². The zero-order valence-corrected chi connectivity index (χ0v) is 28.9. The van der Waals surface area contributed by atoms with E-state index in [0.29, 0.717) is 59.2 Å². The van der Waals surface area contributed by atoms with E-state index in [2.05, 4.69) is 15.5 Å². The van der Waals surface area contributed by atoms with Crippen LogP contribution in [0.5, 0.6) is 28.7 Å². The van der Waals surface area contributed by atoms with E-state index < -0.39 is 0 Å². The zero-order chi connectivity index (χ0) is 34.4. The Morgan fingerprint density at radius 1 is 0.780 bits per heavy atom. The third-order valence-electron chi connectivity index (χ3n) is 10.8. The van der Waals surface area contributed by atoms with Crippen molar-refractivity contribution < 1.29 is 33.3 Å². The molecule has 1 spiro atoms. The molecule has 11 nitrogen and oxygen atoms in total. The van der Waals surface area contributed by atoms with E-state index in [1.54, 1.807) is 32.3 Å². The van der Waals surface area contributed by atoms with Gasteiger partial charge >= 0.3 is 0 Å². The zero-order valence-electron chi connectivity index (χ0n) is 28.9. The van der Waals surface area contributed by atoms with Crippen LogP contribution >= 0.6 is 0 Å². The molecular weight excluding hydrogens is 636 g/mol. The number of anilines is 2. The van der Waals surface area contributed by atoms with Gasteiger partial charge in [-0.15, -0.1) is 0 Å². The molecule has 2 amide bonds. The summed E-state index contributed by atoms with van der Waals surface area (Å²) in [5.74, 6) is 3.13. The third kappa shape index (κ3) is 5.92. The Morgan fingerprint density at radius 2 is 1.44 bits per heavy atom. The molecule has 262 valence electrons. The number of benzene rings is 3. The molecule has 0 radical (unpaired) electrons. The van der Waals surface area contributed by atoms with E-state index in [0.717, 1.165) is 67.0 Å². The summed E-state index contributed by atoms with van der Waals surface area (Å²) in [6.45, 7) is 2.63. The van der Waals surface area contributed by atoms with Gasteiger partial charge in [0.15, 0.2) is 23.0 Å². The summed E-state index contributed by atoms with van der Waals surface area (Å²) in [5, 5.41) is 7.04. The Bertz CT molecular complexity index is 1840. The topological polar surface area (TPSA) is 111 Å². The van der Waals surface area contributed by atoms with E-state index in [-0.39, 0.29) is 24.0 Å². The smallest absolute Gasteiger partial charge is 0.261 e. The van der Waals surface area contributed by atoms with E-state index in [9.17, 15) is 9.59 Å². The SMILES string of the molecule is COc1ccc(C2=CN3C(=O)c4cc(OC)c(OCCCCCOc5cc6c(cc5OC)C(=O)N5CC7(CC7)CC5CN6)cc4NC3C2)cc1. The van der Waals surface area contributed by atoms with Gasteiger partial charge in [0, 0.05) is 43.9 Å². The van der Waals surface area contributed by atoms with Crippen LogP contribution in [0, 0.1) is 5.41 Å². The summed E-state index contributed by atoms with van der Waals surface area (Å²) in [6, 6.07) is 15.5. The number of hydrogen-bond acceptors (Lipinski definition) is 9. The molecule has 2 fully saturated rings. The van der Waals surface area contributed by atoms with Crippen LogP contribution in [-0.4, -0.2) is 81.5 Å². The van der Waals surface area contributed by atoms with Crippen LogP contribution in [0.1, 0.15) is 71.2 Å². The molecule has 0 aromatic heterocycles. The van der Waals surface area contributed by atoms with Gasteiger partial charge in [0.2, 0.25) is 0 Å². The van der Waals surface area contributed by atoms with Crippen LogP contribution in [0.25, 0.3) is 5.57 Å². The molecule has 50 heavy (non-hydrogen) atoms. The van der Waals surface area contributed by atoms with Crippen molar-refractivity contribution in [1.29, 1.82) is 0 Å². The molecule has 11 heteroatoms. The Hall–Kier alpha value is -5.06. The lowest BCUT2D eigenvalue weighted by Gasteiger charge is -2.32. The number of nitrogens with one attached hydrogen (secondary N) is 2. The first-order valence-corrected chi connectivity index (χ1v) is 17.6. The Morgan fingerprint density at radius 3 is 2.08 bits per heavy atom. The van der Waals surface area contributed by atoms with Gasteiger partial charge in [-0.25, -0.2) is 0 Å². The Balaban J connectivity index is 0.835. The second-order valence-corrected chi connectivity index (χ2v) is 14.0. The Kier molecular flexibility index (Phi) is 8.36. The molecule has 8 rings (SSSR count). The highest BCUT2D eigenvalue weighted by Crippen LogP contribution is 2.55. The van der Waals surface area contributed by atoms with Crippen LogP contribution in [-0.2, 0) is 0 Å². The highest BCUT2D eigenvalue weighted by atomic mass is 16.5. The standard InChI is InChI=1S/C39H44N4O7/c1-46-27-9-7-24(8-10-27)25-15-36-41-31-19-35(33(48-3)17-29(31)37(44)42(36)22-25)50-14-6-4-5-13-49-34-18-30-28(16-32(34)47-2)38(45)43-23-39(11-12-39)20-26(43)21-40-30/h7-10,16-19,22,26,36,40-41H,4-6,11-15,20-21,23H2,1-3H3. The molecule has 4 heterocycles. The predicted molar refractivity (Wildman–Crippen MR) is 190 cm³/mol. The maximum Gasteiger partial charge on any atom is 0.261 e. The fraction of sp³-hybridized carbons (Fsp3) is 0.436. The van der Waals surface area contributed by atoms with Crippen molar-refractivity contribution in [2.75, 3.05) is 58.3 Å². The second kappa shape index (κ2) is 13.0. The summed E-state index contributed by atoms with van der Waals surface area (Å²) in [6.07, 6.45) is 8.53. The summed E-state index contributed by atoms with van der Waals surface area (Å²) in [5.41, 5.74) is 5.25. The average molecular weight is 681 g/mol. The number of fused-ring (bicyclic) bond motifs is 4. The van der Waals surface area contributed by atoms with E-state index in [1.807, 2.05) is 48.7 Å². The predicted octanol–water partition coefficient (Wildman–Crippen LogP) is 6.40. The molecule has 2 N–H and O–H groups in total. The van der Waals surface area contributed by atoms with E-state index in [1.165, 1.54) is 12.8 Å². The molecule has 2 atom stereocenters. The summed E-state index contributed by atoms with van der Waals surface area (Å²) in [4.78, 5) is 30.8. The lowest BCUT2D eigenvalue weighted by atomic mass is 10.0. The number of unbranched alkanes of at least 4 members (excludes halogenated alkanes) is 2. The van der Waals surface area contributed by atoms with Crippen molar-refractivity contribution in [3.8, 4) is 28.7 Å². The number of amides is 2. The second-order valence-electron chi connectivity index (χ2n) is 14.0. The van der Waals surface area contributed by atoms with Crippen molar-refractivity contribution in [2.45, 2.75) is 57.2 Å². The minimum absolute atomic E-state index is 0.0718. The van der Waals surface area contributed by atoms with Crippen molar-refractivity contribution in [3.63, 3.8) is 0 Å². The maximum atomic E-state index is 13.5. The largest absolute Gasteiger partial charge is 0.497 e. The van der Waals surface area contributed by atoms with Gasteiger partial charge in [-0.05, 0) is 79.3 Å². The minimum atomic E-state index is -0.171. The number of nitrogens with zero attached hydrogens (tertiary/aromatic N) is 2. The van der Waals surface area contributed by atoms with Gasteiger partial charge in [0.1, 0.15) is 11.9 Å². The van der Waals surface area contributed by atoms with Crippen LogP contribution in [0.3, 0.4) is 0 Å². The lowest BCUT2D eigenvalue weighted by molar-refractivity contribution is 0.0742. The number of ether oxygens (including phenoxy) is 5. The van der Waals surface area contributed by atoms with Crippen LogP contribution in [0.15, 0.2) is 54.7 Å². The maximum absolute atomic E-state index is 13.5. The highest BCUT2D eigenvalue weighted by molar-refractivity contribution is 6.04. The van der Waals surface area contributed by atoms with E-state index >= 15 is 0 Å². The molecule has 3 aromatic carbocycles. The van der Waals surface area contributed by atoms with Gasteiger partial charge in [0.05, 0.1) is 57.0 Å². The summed E-state index contributed by atoms with van der Waals surface area (Å²) in [7, 11) is 4.84. The molecule has 1 saturated heterocycles. The van der Waals surface area contributed by atoms with Gasteiger partial charge in [-0.2, -0.15) is 0 Å². The molecule has 1 saturated carbocycles. The minimum Gasteiger partial charge on any atom is -0.497 e. The normalized spacial score (nSPS) is 20.8. The first kappa shape index (κ1) is 32.2. The van der Waals surface area contributed by atoms with Gasteiger partial charge < -0.3 is 39.2 Å². The van der Waals surface area contributed by atoms with E-state index in [4.69, 9.17) is 23.7 Å². The number of carbonyl (C=O) groups is 2. The highest BCUT2D eigenvalue weighted by Gasteiger charge is 2.54. The van der Waals surface area contributed by atoms with Gasteiger partial charge in [-0.3, -0.25) is 14.5 Å². The third-order valence-corrected chi connectivity index (χ3v) is 10.8. The van der Waals surface area contributed by atoms with Crippen molar-refractivity contribution in [1.82, 2.24) is 9.80 Å². The fourth-order valence-corrected chi connectivity index (χ4v) is 7.79. The summed E-state index contributed by atoms with van der Waals surface area (Å²) >= 11 is 0. The quantitative estimate of drug-likeness (QED) is 0.210. The van der Waals surface area contributed by atoms with Gasteiger partial charge in [-0.1, -0.05) is 12.1 Å². The molecular formula is C39H44N4O7. The number of rotatable bonds is 12. The lowest BCUT2D eigenvalue weighted by Crippen LogP contribution is -2.42. The van der Waals surface area contributed by atoms with Crippen LogP contribution in [0.4, 0.5) is 11.4 Å². The van der Waals surface area contributed by atoms with Gasteiger partial charge in [0.25, 0.3) is 11.8 Å². The number of methoxy groups -OCH3 is 3. The number of carbonyl (C=O) groups excluding carboxylic acids is 2. The van der Waals surface area contributed by atoms with Crippen LogP contribution < -0.4 is 34.3 Å². The first-order chi connectivity index (χ1) is 24.4. The fourth-order valence-electron chi connectivity index (χ4n) is 7.79. The molecule has 1 aliphatic carbocycles. The average Bonchev–Trinajstić information content (AvgIpc) is 3.63. The first-order valence-electron chi connectivity index (χ1n) is 17.6. The summed E-state index contributed by atoms with van der Waals surface area (Å²) < 4.78 is 28.9. The van der Waals surface area contributed by atoms with Crippen molar-refractivity contribution in [3.05, 3.63) is 71.4 Å². The molecule has 2 unspecified atom stereocenters. The molecule has 3 aromatic rings. The monoisotopic (exact) mass is 680 g/mol. The molecule has 0 bridgehead atoms. The van der Waals surface area contributed by atoms with Crippen molar-refractivity contribution in [2.24, 2.45) is 5.41 Å². The van der Waals surface area contributed by atoms with Crippen molar-refractivity contribution >= 4 is 28.8 Å². The molecule has 5 aliphatic rings. The molecule has 4 aliphatic heterocycles. The van der Waals surface area contributed by atoms with Crippen LogP contribution in [0.2, 0.25) is 0 Å².